The molecular weight excluding hydrogens is 315 g/mol. The summed E-state index contributed by atoms with van der Waals surface area (Å²) < 4.78 is 12.0. The molecule has 0 N–H and O–H groups in total. The zero-order valence-electron chi connectivity index (χ0n) is 13.9. The molecule has 0 aliphatic rings. The molecule has 0 radical (unpaired) electrons. The number of benzene rings is 3. The van der Waals surface area contributed by atoms with Crippen LogP contribution in [0.15, 0.2) is 84.9 Å². The SMILES string of the molecule is CC(c1ccccc1)c1ccccc1OP(C)Oc1ccccc1. The average Bonchev–Trinajstić information content (AvgIpc) is 2.63. The van der Waals surface area contributed by atoms with Crippen LogP contribution in [0, 0.1) is 0 Å². The molecule has 0 saturated heterocycles. The maximum Gasteiger partial charge on any atom is 0.286 e. The third-order valence-corrected chi connectivity index (χ3v) is 4.81. The van der Waals surface area contributed by atoms with Crippen LogP contribution in [0.1, 0.15) is 24.0 Å². The van der Waals surface area contributed by atoms with E-state index in [2.05, 4.69) is 43.3 Å². The predicted octanol–water partition coefficient (Wildman–Crippen LogP) is 6.24. The van der Waals surface area contributed by atoms with Gasteiger partial charge in [-0.1, -0.05) is 73.7 Å². The van der Waals surface area contributed by atoms with Crippen LogP contribution >= 0.6 is 8.38 Å². The first kappa shape index (κ1) is 16.5. The second-order valence-corrected chi connectivity index (χ2v) is 6.85. The van der Waals surface area contributed by atoms with Gasteiger partial charge < -0.3 is 9.05 Å². The first-order valence-corrected chi connectivity index (χ1v) is 9.65. The van der Waals surface area contributed by atoms with Gasteiger partial charge in [0, 0.05) is 18.1 Å². The average molecular weight is 336 g/mol. The van der Waals surface area contributed by atoms with Crippen LogP contribution in [0.5, 0.6) is 11.5 Å². The van der Waals surface area contributed by atoms with Crippen LogP contribution in [-0.2, 0) is 0 Å². The second-order valence-electron chi connectivity index (χ2n) is 5.61. The highest BCUT2D eigenvalue weighted by Gasteiger charge is 2.16. The van der Waals surface area contributed by atoms with Gasteiger partial charge in [-0.05, 0) is 23.8 Å². The van der Waals surface area contributed by atoms with E-state index in [1.807, 2.05) is 55.2 Å². The van der Waals surface area contributed by atoms with Crippen molar-refractivity contribution in [2.45, 2.75) is 12.8 Å². The Morgan fingerprint density at radius 2 is 1.29 bits per heavy atom. The van der Waals surface area contributed by atoms with Gasteiger partial charge in [0.05, 0.1) is 0 Å². The molecule has 2 nitrogen and oxygen atoms in total. The summed E-state index contributed by atoms with van der Waals surface area (Å²) in [7, 11) is -1.04. The molecular formula is C21H21O2P. The normalized spacial score (nSPS) is 13.1. The van der Waals surface area contributed by atoms with Crippen molar-refractivity contribution in [2.75, 3.05) is 6.66 Å². The van der Waals surface area contributed by atoms with Crippen molar-refractivity contribution in [1.82, 2.24) is 0 Å². The van der Waals surface area contributed by atoms with E-state index in [9.17, 15) is 0 Å². The summed E-state index contributed by atoms with van der Waals surface area (Å²) in [4.78, 5) is 0. The smallest absolute Gasteiger partial charge is 0.286 e. The minimum Gasteiger partial charge on any atom is -0.439 e. The monoisotopic (exact) mass is 336 g/mol. The van der Waals surface area contributed by atoms with Gasteiger partial charge in [-0.25, -0.2) is 0 Å². The maximum atomic E-state index is 6.13. The van der Waals surface area contributed by atoms with Gasteiger partial charge in [0.2, 0.25) is 0 Å². The predicted molar refractivity (Wildman–Crippen MR) is 101 cm³/mol. The molecule has 0 saturated carbocycles. The maximum absolute atomic E-state index is 6.13. The fourth-order valence-electron chi connectivity index (χ4n) is 2.63. The molecule has 0 fully saturated rings. The minimum atomic E-state index is -1.04. The lowest BCUT2D eigenvalue weighted by atomic mass is 9.93. The lowest BCUT2D eigenvalue weighted by molar-refractivity contribution is 0.492. The van der Waals surface area contributed by atoms with Gasteiger partial charge in [0.25, 0.3) is 8.38 Å². The molecule has 0 amide bonds. The lowest BCUT2D eigenvalue weighted by Gasteiger charge is -2.20. The lowest BCUT2D eigenvalue weighted by Crippen LogP contribution is -2.01. The number of rotatable bonds is 6. The summed E-state index contributed by atoms with van der Waals surface area (Å²) >= 11 is 0. The Morgan fingerprint density at radius 1 is 0.708 bits per heavy atom. The molecule has 122 valence electrons. The first-order valence-electron chi connectivity index (χ1n) is 8.02. The zero-order valence-corrected chi connectivity index (χ0v) is 14.8. The fraction of sp³-hybridized carbons (Fsp3) is 0.143. The van der Waals surface area contributed by atoms with Gasteiger partial charge in [-0.15, -0.1) is 0 Å². The molecule has 0 spiro atoms. The highest BCUT2D eigenvalue weighted by Crippen LogP contribution is 2.41. The molecule has 0 aromatic heterocycles. The summed E-state index contributed by atoms with van der Waals surface area (Å²) in [5, 5.41) is 0. The topological polar surface area (TPSA) is 18.5 Å². The quantitative estimate of drug-likeness (QED) is 0.496. The van der Waals surface area contributed by atoms with E-state index in [-0.39, 0.29) is 5.92 Å². The van der Waals surface area contributed by atoms with E-state index < -0.39 is 8.38 Å². The van der Waals surface area contributed by atoms with Crippen molar-refractivity contribution < 1.29 is 9.05 Å². The molecule has 24 heavy (non-hydrogen) atoms. The molecule has 3 aromatic rings. The van der Waals surface area contributed by atoms with E-state index in [0.717, 1.165) is 11.5 Å². The Labute approximate surface area is 145 Å². The van der Waals surface area contributed by atoms with Crippen LogP contribution in [0.2, 0.25) is 0 Å². The highest BCUT2D eigenvalue weighted by atomic mass is 31.2. The Morgan fingerprint density at radius 3 is 2.00 bits per heavy atom. The van der Waals surface area contributed by atoms with Crippen LogP contribution in [0.25, 0.3) is 0 Å². The van der Waals surface area contributed by atoms with Gasteiger partial charge >= 0.3 is 0 Å². The van der Waals surface area contributed by atoms with Gasteiger partial charge in [-0.2, -0.15) is 0 Å². The standard InChI is InChI=1S/C21H21O2P/c1-17(18-11-5-3-6-12-18)20-15-9-10-16-21(20)23-24(2)22-19-13-7-4-8-14-19/h3-17H,1-2H3. The Hall–Kier alpha value is -2.31. The number of hydrogen-bond donors (Lipinski definition) is 0. The van der Waals surface area contributed by atoms with E-state index in [0.29, 0.717) is 0 Å². The summed E-state index contributed by atoms with van der Waals surface area (Å²) in [6.07, 6.45) is 0. The minimum absolute atomic E-state index is 0.266. The van der Waals surface area contributed by atoms with E-state index >= 15 is 0 Å². The van der Waals surface area contributed by atoms with Crippen molar-refractivity contribution in [3.63, 3.8) is 0 Å². The van der Waals surface area contributed by atoms with Crippen LogP contribution in [0.4, 0.5) is 0 Å². The van der Waals surface area contributed by atoms with E-state index in [4.69, 9.17) is 9.05 Å². The molecule has 2 atom stereocenters. The molecule has 0 aliphatic carbocycles. The third-order valence-electron chi connectivity index (χ3n) is 3.89. The largest absolute Gasteiger partial charge is 0.439 e. The number of hydrogen-bond acceptors (Lipinski definition) is 2. The highest BCUT2D eigenvalue weighted by molar-refractivity contribution is 7.47. The summed E-state index contributed by atoms with van der Waals surface area (Å²) in [5.41, 5.74) is 2.45. The van der Waals surface area contributed by atoms with Crippen molar-refractivity contribution >= 4 is 8.38 Å². The van der Waals surface area contributed by atoms with Gasteiger partial charge in [-0.3, -0.25) is 0 Å². The van der Waals surface area contributed by atoms with Crippen LogP contribution < -0.4 is 9.05 Å². The summed E-state index contributed by atoms with van der Waals surface area (Å²) in [6, 6.07) is 28.5. The molecule has 0 bridgehead atoms. The van der Waals surface area contributed by atoms with E-state index in [1.165, 1.54) is 11.1 Å². The van der Waals surface area contributed by atoms with Crippen molar-refractivity contribution in [2.24, 2.45) is 0 Å². The first-order chi connectivity index (χ1) is 11.7. The second kappa shape index (κ2) is 7.99. The number of para-hydroxylation sites is 2. The third kappa shape index (κ3) is 4.15. The van der Waals surface area contributed by atoms with E-state index in [1.54, 1.807) is 0 Å². The van der Waals surface area contributed by atoms with Crippen molar-refractivity contribution in [3.8, 4) is 11.5 Å². The Balaban J connectivity index is 1.77. The fourth-order valence-corrected chi connectivity index (χ4v) is 3.53. The zero-order chi connectivity index (χ0) is 16.8. The molecule has 0 heterocycles. The molecule has 0 aliphatic heterocycles. The molecule has 3 rings (SSSR count). The van der Waals surface area contributed by atoms with Gasteiger partial charge in [0.1, 0.15) is 11.5 Å². The van der Waals surface area contributed by atoms with Crippen molar-refractivity contribution in [3.05, 3.63) is 96.1 Å². The molecule has 3 aromatic carbocycles. The Bertz CT molecular complexity index is 759. The summed E-state index contributed by atoms with van der Waals surface area (Å²) in [6.45, 7) is 4.18. The van der Waals surface area contributed by atoms with Crippen molar-refractivity contribution in [1.29, 1.82) is 0 Å². The molecule has 3 heteroatoms. The van der Waals surface area contributed by atoms with Crippen LogP contribution in [0.3, 0.4) is 0 Å². The van der Waals surface area contributed by atoms with Gasteiger partial charge in [0.15, 0.2) is 0 Å². The Kier molecular flexibility index (Phi) is 5.51. The molecule has 2 unspecified atom stereocenters. The summed E-state index contributed by atoms with van der Waals surface area (Å²) in [5.74, 6) is 1.99. The van der Waals surface area contributed by atoms with Crippen LogP contribution in [-0.4, -0.2) is 6.66 Å².